The smallest absolute Gasteiger partial charge is 0.113 e. The van der Waals surface area contributed by atoms with Crippen LogP contribution in [0.2, 0.25) is 0 Å². The van der Waals surface area contributed by atoms with Gasteiger partial charge in [0.05, 0.1) is 6.54 Å². The molecule has 0 fully saturated rings. The molecule has 0 unspecified atom stereocenters. The summed E-state index contributed by atoms with van der Waals surface area (Å²) in [5, 5.41) is 4.61. The van der Waals surface area contributed by atoms with Gasteiger partial charge >= 0.3 is 0 Å². The monoisotopic (exact) mass is 242 g/mol. The number of benzene rings is 1. The van der Waals surface area contributed by atoms with Crippen molar-refractivity contribution in [1.82, 2.24) is 9.55 Å². The van der Waals surface area contributed by atoms with Gasteiger partial charge in [-0.1, -0.05) is 12.1 Å². The normalized spacial score (nSPS) is 11.2. The lowest BCUT2D eigenvalue weighted by molar-refractivity contribution is 0.824. The maximum Gasteiger partial charge on any atom is 0.113 e. The molecule has 0 saturated heterocycles. The lowest BCUT2D eigenvalue weighted by Gasteiger charge is -2.03. The third-order valence-electron chi connectivity index (χ3n) is 3.00. The molecule has 0 saturated carbocycles. The molecule has 0 amide bonds. The molecule has 0 aliphatic carbocycles. The second-order valence-corrected chi connectivity index (χ2v) is 5.28. The van der Waals surface area contributed by atoms with Crippen molar-refractivity contribution in [2.24, 2.45) is 0 Å². The number of hydrogen-bond acceptors (Lipinski definition) is 2. The van der Waals surface area contributed by atoms with Gasteiger partial charge in [0, 0.05) is 28.2 Å². The van der Waals surface area contributed by atoms with Gasteiger partial charge in [0.15, 0.2) is 0 Å². The molecule has 0 aliphatic rings. The van der Waals surface area contributed by atoms with Crippen LogP contribution >= 0.6 is 11.3 Å². The molecular weight excluding hydrogens is 228 g/mol. The van der Waals surface area contributed by atoms with Crippen molar-refractivity contribution in [2.45, 2.75) is 20.4 Å². The van der Waals surface area contributed by atoms with Crippen molar-refractivity contribution in [2.75, 3.05) is 0 Å². The highest BCUT2D eigenvalue weighted by molar-refractivity contribution is 7.09. The Morgan fingerprint density at radius 3 is 2.88 bits per heavy atom. The molecule has 3 heteroatoms. The van der Waals surface area contributed by atoms with Crippen LogP contribution in [0.1, 0.15) is 16.3 Å². The van der Waals surface area contributed by atoms with E-state index in [1.807, 2.05) is 6.92 Å². The minimum absolute atomic E-state index is 0.867. The Hall–Kier alpha value is -1.61. The molecule has 3 aromatic rings. The maximum absolute atomic E-state index is 4.51. The van der Waals surface area contributed by atoms with Gasteiger partial charge in [0.1, 0.15) is 5.01 Å². The summed E-state index contributed by atoms with van der Waals surface area (Å²) >= 11 is 1.73. The zero-order valence-electron chi connectivity index (χ0n) is 9.97. The molecule has 86 valence electrons. The van der Waals surface area contributed by atoms with Gasteiger partial charge in [0.2, 0.25) is 0 Å². The van der Waals surface area contributed by atoms with Gasteiger partial charge in [-0.3, -0.25) is 0 Å². The Bertz CT molecular complexity index is 664. The van der Waals surface area contributed by atoms with Gasteiger partial charge in [0.25, 0.3) is 0 Å². The summed E-state index contributed by atoms with van der Waals surface area (Å²) in [6.07, 6.45) is 2.15. The van der Waals surface area contributed by atoms with Crippen LogP contribution in [-0.2, 0) is 6.54 Å². The summed E-state index contributed by atoms with van der Waals surface area (Å²) in [4.78, 5) is 4.51. The van der Waals surface area contributed by atoms with Crippen molar-refractivity contribution < 1.29 is 0 Å². The Morgan fingerprint density at radius 1 is 1.24 bits per heavy atom. The van der Waals surface area contributed by atoms with E-state index >= 15 is 0 Å². The van der Waals surface area contributed by atoms with Crippen LogP contribution in [0.25, 0.3) is 10.9 Å². The molecule has 17 heavy (non-hydrogen) atoms. The van der Waals surface area contributed by atoms with E-state index in [1.54, 1.807) is 11.3 Å². The molecule has 0 radical (unpaired) electrons. The predicted octanol–water partition coefficient (Wildman–Crippen LogP) is 3.76. The Kier molecular flexibility index (Phi) is 2.48. The Labute approximate surface area is 105 Å². The van der Waals surface area contributed by atoms with E-state index in [9.17, 15) is 0 Å². The second kappa shape index (κ2) is 4.00. The first-order valence-corrected chi connectivity index (χ1v) is 6.57. The van der Waals surface area contributed by atoms with Crippen molar-refractivity contribution in [3.63, 3.8) is 0 Å². The summed E-state index contributed by atoms with van der Waals surface area (Å²) in [5.74, 6) is 0. The van der Waals surface area contributed by atoms with Crippen molar-refractivity contribution in [1.29, 1.82) is 0 Å². The van der Waals surface area contributed by atoms with Crippen LogP contribution in [0, 0.1) is 13.8 Å². The summed E-state index contributed by atoms with van der Waals surface area (Å²) in [6.45, 7) is 5.06. The third kappa shape index (κ3) is 1.87. The van der Waals surface area contributed by atoms with E-state index in [0.29, 0.717) is 0 Å². The Balaban J connectivity index is 2.04. The van der Waals surface area contributed by atoms with E-state index < -0.39 is 0 Å². The summed E-state index contributed by atoms with van der Waals surface area (Å²) in [5.41, 5.74) is 3.73. The minimum atomic E-state index is 0.867. The number of rotatable bonds is 2. The highest BCUT2D eigenvalue weighted by atomic mass is 32.1. The second-order valence-electron chi connectivity index (χ2n) is 4.33. The summed E-state index contributed by atoms with van der Waals surface area (Å²) in [7, 11) is 0. The topological polar surface area (TPSA) is 17.8 Å². The first-order chi connectivity index (χ1) is 8.24. The lowest BCUT2D eigenvalue weighted by Crippen LogP contribution is -1.97. The molecule has 1 aromatic carbocycles. The van der Waals surface area contributed by atoms with Gasteiger partial charge in [-0.15, -0.1) is 11.3 Å². The molecule has 2 nitrogen and oxygen atoms in total. The molecule has 0 atom stereocenters. The number of hydrogen-bond donors (Lipinski definition) is 0. The van der Waals surface area contributed by atoms with Crippen LogP contribution < -0.4 is 0 Å². The quantitative estimate of drug-likeness (QED) is 0.669. The Morgan fingerprint density at radius 2 is 2.12 bits per heavy atom. The van der Waals surface area contributed by atoms with Crippen LogP contribution in [0.3, 0.4) is 0 Å². The van der Waals surface area contributed by atoms with Crippen molar-refractivity contribution >= 4 is 22.2 Å². The SMILES string of the molecule is Cc1csc(Cn2ccc3c(C)cccc32)n1. The fourth-order valence-electron chi connectivity index (χ4n) is 2.14. The zero-order chi connectivity index (χ0) is 11.8. The van der Waals surface area contributed by atoms with Crippen molar-refractivity contribution in [3.05, 3.63) is 52.1 Å². The van der Waals surface area contributed by atoms with Crippen LogP contribution in [0.4, 0.5) is 0 Å². The number of nitrogens with zero attached hydrogens (tertiary/aromatic N) is 2. The van der Waals surface area contributed by atoms with Gasteiger partial charge < -0.3 is 4.57 Å². The van der Waals surface area contributed by atoms with E-state index in [-0.39, 0.29) is 0 Å². The van der Waals surface area contributed by atoms with E-state index in [4.69, 9.17) is 0 Å². The minimum Gasteiger partial charge on any atom is -0.341 e. The molecular formula is C14H14N2S. The van der Waals surface area contributed by atoms with Gasteiger partial charge in [-0.25, -0.2) is 4.98 Å². The molecule has 0 aliphatic heterocycles. The predicted molar refractivity (Wildman–Crippen MR) is 72.6 cm³/mol. The highest BCUT2D eigenvalue weighted by Crippen LogP contribution is 2.21. The number of aromatic nitrogens is 2. The highest BCUT2D eigenvalue weighted by Gasteiger charge is 2.05. The van der Waals surface area contributed by atoms with Crippen LogP contribution in [0.15, 0.2) is 35.8 Å². The largest absolute Gasteiger partial charge is 0.341 e. The van der Waals surface area contributed by atoms with Crippen molar-refractivity contribution in [3.8, 4) is 0 Å². The molecule has 0 bridgehead atoms. The molecule has 0 N–H and O–H groups in total. The average Bonchev–Trinajstić information content (AvgIpc) is 2.88. The summed E-state index contributed by atoms with van der Waals surface area (Å²) < 4.78 is 2.26. The van der Waals surface area contributed by atoms with Crippen LogP contribution in [-0.4, -0.2) is 9.55 Å². The first kappa shape index (κ1) is 10.5. The number of aryl methyl sites for hydroxylation is 2. The fourth-order valence-corrected chi connectivity index (χ4v) is 2.91. The molecule has 2 heterocycles. The molecule has 3 rings (SSSR count). The maximum atomic E-state index is 4.51. The van der Waals surface area contributed by atoms with Gasteiger partial charge in [-0.2, -0.15) is 0 Å². The first-order valence-electron chi connectivity index (χ1n) is 5.69. The lowest BCUT2D eigenvalue weighted by atomic mass is 10.1. The molecule has 2 aromatic heterocycles. The number of fused-ring (bicyclic) bond motifs is 1. The zero-order valence-corrected chi connectivity index (χ0v) is 10.8. The van der Waals surface area contributed by atoms with Gasteiger partial charge in [-0.05, 0) is 31.5 Å². The fraction of sp³-hybridized carbons (Fsp3) is 0.214. The van der Waals surface area contributed by atoms with Crippen LogP contribution in [0.5, 0.6) is 0 Å². The summed E-state index contributed by atoms with van der Waals surface area (Å²) in [6, 6.07) is 8.62. The van der Waals surface area contributed by atoms with E-state index in [1.165, 1.54) is 21.5 Å². The molecule has 0 spiro atoms. The number of thiazole rings is 1. The van der Waals surface area contributed by atoms with E-state index in [2.05, 4.69) is 52.3 Å². The average molecular weight is 242 g/mol. The van der Waals surface area contributed by atoms with E-state index in [0.717, 1.165) is 12.2 Å². The standard InChI is InChI=1S/C14H14N2S/c1-10-4-3-5-13-12(10)6-7-16(13)8-14-15-11(2)9-17-14/h3-7,9H,8H2,1-2H3. The third-order valence-corrected chi connectivity index (χ3v) is 3.96.